The molecule has 0 aliphatic carbocycles. The first-order valence-corrected chi connectivity index (χ1v) is 4.74. The number of rotatable bonds is 1. The lowest BCUT2D eigenvalue weighted by Crippen LogP contribution is -2.32. The van der Waals surface area contributed by atoms with Gasteiger partial charge in [0.25, 0.3) is 0 Å². The molecule has 0 fully saturated rings. The van der Waals surface area contributed by atoms with Crippen LogP contribution in [0.25, 0.3) is 0 Å². The zero-order valence-corrected chi connectivity index (χ0v) is 7.88. The van der Waals surface area contributed by atoms with Gasteiger partial charge in [-0.15, -0.1) is 0 Å². The Bertz CT molecular complexity index is 309. The SMILES string of the molecule is C[C@@H]1Cc2cc(CO)ccc2CN1. The highest BCUT2D eigenvalue weighted by Gasteiger charge is 2.13. The maximum atomic E-state index is 8.99. The van der Waals surface area contributed by atoms with E-state index in [0.717, 1.165) is 18.5 Å². The van der Waals surface area contributed by atoms with Gasteiger partial charge in [0.15, 0.2) is 0 Å². The summed E-state index contributed by atoms with van der Waals surface area (Å²) in [5.41, 5.74) is 3.78. The van der Waals surface area contributed by atoms with Gasteiger partial charge in [-0.3, -0.25) is 0 Å². The molecule has 2 nitrogen and oxygen atoms in total. The second kappa shape index (κ2) is 3.48. The predicted octanol–water partition coefficient (Wildman–Crippen LogP) is 1.21. The van der Waals surface area contributed by atoms with Crippen LogP contribution < -0.4 is 5.32 Å². The molecule has 2 N–H and O–H groups in total. The predicted molar refractivity (Wildman–Crippen MR) is 52.4 cm³/mol. The Morgan fingerprint density at radius 2 is 2.31 bits per heavy atom. The zero-order valence-electron chi connectivity index (χ0n) is 7.88. The maximum absolute atomic E-state index is 8.99. The summed E-state index contributed by atoms with van der Waals surface area (Å²) in [6.07, 6.45) is 1.07. The van der Waals surface area contributed by atoms with E-state index in [9.17, 15) is 0 Å². The molecule has 70 valence electrons. The van der Waals surface area contributed by atoms with Crippen LogP contribution in [0, 0.1) is 0 Å². The lowest BCUT2D eigenvalue weighted by Gasteiger charge is -2.23. The van der Waals surface area contributed by atoms with Gasteiger partial charge in [0.05, 0.1) is 6.61 Å². The van der Waals surface area contributed by atoms with Gasteiger partial charge >= 0.3 is 0 Å². The fourth-order valence-corrected chi connectivity index (χ4v) is 1.83. The van der Waals surface area contributed by atoms with Crippen molar-refractivity contribution in [1.29, 1.82) is 0 Å². The van der Waals surface area contributed by atoms with Gasteiger partial charge in [-0.25, -0.2) is 0 Å². The highest BCUT2D eigenvalue weighted by molar-refractivity contribution is 5.34. The molecule has 13 heavy (non-hydrogen) atoms. The van der Waals surface area contributed by atoms with Crippen molar-refractivity contribution < 1.29 is 5.11 Å². The minimum atomic E-state index is 0.148. The molecule has 0 spiro atoms. The van der Waals surface area contributed by atoms with E-state index >= 15 is 0 Å². The average Bonchev–Trinajstić information content (AvgIpc) is 2.16. The second-order valence-corrected chi connectivity index (χ2v) is 3.75. The van der Waals surface area contributed by atoms with E-state index in [0.29, 0.717) is 6.04 Å². The number of fused-ring (bicyclic) bond motifs is 1. The molecule has 1 aliphatic rings. The quantitative estimate of drug-likeness (QED) is 0.676. The zero-order chi connectivity index (χ0) is 9.26. The molecule has 0 unspecified atom stereocenters. The molecule has 1 aromatic carbocycles. The van der Waals surface area contributed by atoms with Crippen molar-refractivity contribution in [2.75, 3.05) is 0 Å². The van der Waals surface area contributed by atoms with E-state index in [1.54, 1.807) is 0 Å². The van der Waals surface area contributed by atoms with Gasteiger partial charge in [0.1, 0.15) is 0 Å². The Balaban J connectivity index is 2.32. The van der Waals surface area contributed by atoms with E-state index < -0.39 is 0 Å². The number of aliphatic hydroxyl groups excluding tert-OH is 1. The maximum Gasteiger partial charge on any atom is 0.0681 e. The lowest BCUT2D eigenvalue weighted by atomic mass is 9.95. The minimum absolute atomic E-state index is 0.148. The van der Waals surface area contributed by atoms with Crippen LogP contribution in [0.5, 0.6) is 0 Å². The summed E-state index contributed by atoms with van der Waals surface area (Å²) in [6, 6.07) is 6.78. The summed E-state index contributed by atoms with van der Waals surface area (Å²) in [7, 11) is 0. The van der Waals surface area contributed by atoms with Crippen LogP contribution in [-0.2, 0) is 19.6 Å². The van der Waals surface area contributed by atoms with Crippen LogP contribution in [0.15, 0.2) is 18.2 Å². The molecule has 1 aliphatic heterocycles. The Morgan fingerprint density at radius 3 is 3.08 bits per heavy atom. The van der Waals surface area contributed by atoms with Gasteiger partial charge in [0, 0.05) is 12.6 Å². The molecule has 0 saturated heterocycles. The van der Waals surface area contributed by atoms with Crippen molar-refractivity contribution in [3.63, 3.8) is 0 Å². The van der Waals surface area contributed by atoms with Crippen LogP contribution in [0.4, 0.5) is 0 Å². The molecule has 0 aromatic heterocycles. The Kier molecular flexibility index (Phi) is 2.34. The first kappa shape index (κ1) is 8.73. The third kappa shape index (κ3) is 1.74. The van der Waals surface area contributed by atoms with Gasteiger partial charge in [-0.05, 0) is 30.0 Å². The largest absolute Gasteiger partial charge is 0.392 e. The third-order valence-electron chi connectivity index (χ3n) is 2.62. The first-order valence-electron chi connectivity index (χ1n) is 4.74. The normalized spacial score (nSPS) is 21.2. The van der Waals surface area contributed by atoms with Crippen LogP contribution in [-0.4, -0.2) is 11.1 Å². The minimum Gasteiger partial charge on any atom is -0.392 e. The van der Waals surface area contributed by atoms with Crippen molar-refractivity contribution in [2.45, 2.75) is 32.5 Å². The topological polar surface area (TPSA) is 32.3 Å². The van der Waals surface area contributed by atoms with E-state index in [2.05, 4.69) is 24.4 Å². The molecule has 1 heterocycles. The van der Waals surface area contributed by atoms with E-state index in [-0.39, 0.29) is 6.61 Å². The number of nitrogens with one attached hydrogen (secondary N) is 1. The Labute approximate surface area is 78.6 Å². The molecule has 0 bridgehead atoms. The molecule has 1 atom stereocenters. The monoisotopic (exact) mass is 177 g/mol. The van der Waals surface area contributed by atoms with Crippen LogP contribution in [0.3, 0.4) is 0 Å². The fraction of sp³-hybridized carbons (Fsp3) is 0.455. The van der Waals surface area contributed by atoms with Crippen LogP contribution >= 0.6 is 0 Å². The molecule has 2 heteroatoms. The fourth-order valence-electron chi connectivity index (χ4n) is 1.83. The number of hydrogen-bond acceptors (Lipinski definition) is 2. The summed E-state index contributed by atoms with van der Waals surface area (Å²) in [5, 5.41) is 12.4. The highest BCUT2D eigenvalue weighted by atomic mass is 16.3. The van der Waals surface area contributed by atoms with E-state index in [1.807, 2.05) is 6.07 Å². The summed E-state index contributed by atoms with van der Waals surface area (Å²) < 4.78 is 0. The number of aliphatic hydroxyl groups is 1. The van der Waals surface area contributed by atoms with Crippen molar-refractivity contribution in [2.24, 2.45) is 0 Å². The van der Waals surface area contributed by atoms with Gasteiger partial charge in [0.2, 0.25) is 0 Å². The van der Waals surface area contributed by atoms with Crippen LogP contribution in [0.1, 0.15) is 23.6 Å². The van der Waals surface area contributed by atoms with Crippen molar-refractivity contribution in [3.05, 3.63) is 34.9 Å². The van der Waals surface area contributed by atoms with E-state index in [4.69, 9.17) is 5.11 Å². The summed E-state index contributed by atoms with van der Waals surface area (Å²) in [6.45, 7) is 3.30. The van der Waals surface area contributed by atoms with Crippen molar-refractivity contribution >= 4 is 0 Å². The summed E-state index contributed by atoms with van der Waals surface area (Å²) in [5.74, 6) is 0. The average molecular weight is 177 g/mol. The lowest BCUT2D eigenvalue weighted by molar-refractivity contribution is 0.281. The van der Waals surface area contributed by atoms with Gasteiger partial charge < -0.3 is 10.4 Å². The smallest absolute Gasteiger partial charge is 0.0681 e. The molecule has 1 aromatic rings. The highest BCUT2D eigenvalue weighted by Crippen LogP contribution is 2.18. The molecule has 0 amide bonds. The molecule has 0 radical (unpaired) electrons. The third-order valence-corrected chi connectivity index (χ3v) is 2.62. The van der Waals surface area contributed by atoms with Crippen molar-refractivity contribution in [1.82, 2.24) is 5.32 Å². The van der Waals surface area contributed by atoms with Gasteiger partial charge in [-0.1, -0.05) is 18.2 Å². The standard InChI is InChI=1S/C11H15NO/c1-8-4-11-5-9(7-13)2-3-10(11)6-12-8/h2-3,5,8,12-13H,4,6-7H2,1H3/t8-/m1/s1. The molecule has 2 rings (SSSR count). The summed E-state index contributed by atoms with van der Waals surface area (Å²) >= 11 is 0. The van der Waals surface area contributed by atoms with Gasteiger partial charge in [-0.2, -0.15) is 0 Å². The van der Waals surface area contributed by atoms with Crippen LogP contribution in [0.2, 0.25) is 0 Å². The first-order chi connectivity index (χ1) is 6.29. The van der Waals surface area contributed by atoms with Crippen molar-refractivity contribution in [3.8, 4) is 0 Å². The summed E-state index contributed by atoms with van der Waals surface area (Å²) in [4.78, 5) is 0. The number of hydrogen-bond donors (Lipinski definition) is 2. The Hall–Kier alpha value is -0.860. The Morgan fingerprint density at radius 1 is 1.46 bits per heavy atom. The molecular weight excluding hydrogens is 162 g/mol. The number of benzene rings is 1. The molecular formula is C11H15NO. The molecule has 0 saturated carbocycles. The van der Waals surface area contributed by atoms with E-state index in [1.165, 1.54) is 11.1 Å². The second-order valence-electron chi connectivity index (χ2n) is 3.75.